The van der Waals surface area contributed by atoms with Crippen molar-refractivity contribution in [2.45, 2.75) is 51.7 Å². The third kappa shape index (κ3) is 7.88. The fraction of sp³-hybridized carbons (Fsp3) is 1.00. The van der Waals surface area contributed by atoms with Gasteiger partial charge < -0.3 is 20.1 Å². The number of rotatable bonds is 9. The lowest BCUT2D eigenvalue weighted by Gasteiger charge is -2.29. The van der Waals surface area contributed by atoms with Crippen LogP contribution in [0.15, 0.2) is 0 Å². The minimum Gasteiger partial charge on any atom is -0.389 e. The van der Waals surface area contributed by atoms with E-state index in [4.69, 9.17) is 4.74 Å². The van der Waals surface area contributed by atoms with E-state index in [0.717, 1.165) is 25.9 Å². The van der Waals surface area contributed by atoms with Gasteiger partial charge in [-0.25, -0.2) is 0 Å². The highest BCUT2D eigenvalue weighted by Crippen LogP contribution is 2.20. The zero-order valence-corrected chi connectivity index (χ0v) is 13.1. The van der Waals surface area contributed by atoms with Crippen LogP contribution in [0.25, 0.3) is 0 Å². The van der Waals surface area contributed by atoms with Gasteiger partial charge in [0.2, 0.25) is 0 Å². The Morgan fingerprint density at radius 1 is 1.32 bits per heavy atom. The molecule has 0 spiro atoms. The fourth-order valence-corrected chi connectivity index (χ4v) is 2.85. The van der Waals surface area contributed by atoms with Gasteiger partial charge in [-0.05, 0) is 32.4 Å². The number of nitrogens with one attached hydrogen (secondary N) is 1. The Morgan fingerprint density at radius 3 is 2.53 bits per heavy atom. The number of hydrogen-bond donors (Lipinski definition) is 2. The minimum absolute atomic E-state index is 0.218. The zero-order valence-electron chi connectivity index (χ0n) is 13.1. The van der Waals surface area contributed by atoms with Crippen LogP contribution in [-0.4, -0.2) is 62.6 Å². The molecule has 0 bridgehead atoms. The van der Waals surface area contributed by atoms with Crippen molar-refractivity contribution in [2.75, 3.05) is 40.3 Å². The third-order valence-corrected chi connectivity index (χ3v) is 3.55. The van der Waals surface area contributed by atoms with Gasteiger partial charge in [0.1, 0.15) is 0 Å². The molecule has 2 N–H and O–H groups in total. The predicted molar refractivity (Wildman–Crippen MR) is 79.4 cm³/mol. The van der Waals surface area contributed by atoms with Crippen LogP contribution in [0, 0.1) is 5.41 Å². The topological polar surface area (TPSA) is 44.7 Å². The van der Waals surface area contributed by atoms with Crippen LogP contribution >= 0.6 is 0 Å². The molecule has 0 aliphatic heterocycles. The molecule has 1 unspecified atom stereocenters. The Hall–Kier alpha value is -0.160. The van der Waals surface area contributed by atoms with Crippen molar-refractivity contribution in [1.29, 1.82) is 0 Å². The van der Waals surface area contributed by atoms with Gasteiger partial charge in [0.15, 0.2) is 0 Å². The number of aliphatic hydroxyl groups is 1. The van der Waals surface area contributed by atoms with E-state index < -0.39 is 6.10 Å². The lowest BCUT2D eigenvalue weighted by Crippen LogP contribution is -2.41. The SMILES string of the molecule is CN(C)CC(C)(C)CNCC(O)COC1CCCC1. The van der Waals surface area contributed by atoms with E-state index in [2.05, 4.69) is 38.2 Å². The molecule has 4 heteroatoms. The van der Waals surface area contributed by atoms with Crippen molar-refractivity contribution >= 4 is 0 Å². The Labute approximate surface area is 118 Å². The second-order valence-corrected chi connectivity index (χ2v) is 6.93. The average molecular weight is 272 g/mol. The molecule has 0 saturated heterocycles. The molecule has 1 saturated carbocycles. The Balaban J connectivity index is 2.07. The van der Waals surface area contributed by atoms with Gasteiger partial charge in [0.05, 0.1) is 18.8 Å². The van der Waals surface area contributed by atoms with Crippen LogP contribution in [0.2, 0.25) is 0 Å². The Kier molecular flexibility index (Phi) is 7.29. The third-order valence-electron chi connectivity index (χ3n) is 3.55. The monoisotopic (exact) mass is 272 g/mol. The van der Waals surface area contributed by atoms with Crippen LogP contribution in [0.5, 0.6) is 0 Å². The second kappa shape index (κ2) is 8.20. The highest BCUT2D eigenvalue weighted by molar-refractivity contribution is 4.75. The molecule has 0 amide bonds. The van der Waals surface area contributed by atoms with Crippen molar-refractivity contribution < 1.29 is 9.84 Å². The van der Waals surface area contributed by atoms with Crippen LogP contribution in [-0.2, 0) is 4.74 Å². The van der Waals surface area contributed by atoms with Crippen LogP contribution in [0.1, 0.15) is 39.5 Å². The lowest BCUT2D eigenvalue weighted by molar-refractivity contribution is -0.00612. The van der Waals surface area contributed by atoms with Crippen molar-refractivity contribution in [2.24, 2.45) is 5.41 Å². The van der Waals surface area contributed by atoms with Crippen LogP contribution < -0.4 is 5.32 Å². The molecule has 0 aromatic rings. The molecule has 114 valence electrons. The first-order valence-corrected chi connectivity index (χ1v) is 7.54. The summed E-state index contributed by atoms with van der Waals surface area (Å²) in [5, 5.41) is 13.2. The molecule has 1 fully saturated rings. The molecule has 0 aromatic carbocycles. The number of nitrogens with zero attached hydrogens (tertiary/aromatic N) is 1. The molecule has 4 nitrogen and oxygen atoms in total. The van der Waals surface area contributed by atoms with E-state index in [1.54, 1.807) is 0 Å². The largest absolute Gasteiger partial charge is 0.389 e. The van der Waals surface area contributed by atoms with Crippen LogP contribution in [0.3, 0.4) is 0 Å². The fourth-order valence-electron chi connectivity index (χ4n) is 2.85. The van der Waals surface area contributed by atoms with E-state index in [1.807, 2.05) is 0 Å². The summed E-state index contributed by atoms with van der Waals surface area (Å²) in [6.07, 6.45) is 4.87. The summed E-state index contributed by atoms with van der Waals surface area (Å²) in [4.78, 5) is 2.20. The van der Waals surface area contributed by atoms with E-state index in [-0.39, 0.29) is 5.41 Å². The number of hydrogen-bond acceptors (Lipinski definition) is 4. The highest BCUT2D eigenvalue weighted by atomic mass is 16.5. The molecule has 0 radical (unpaired) electrons. The standard InChI is InChI=1S/C15H32N2O2/c1-15(2,12-17(3)4)11-16-9-13(18)10-19-14-7-5-6-8-14/h13-14,16,18H,5-12H2,1-4H3. The molecule has 0 aromatic heterocycles. The molecule has 0 heterocycles. The Bertz CT molecular complexity index is 238. The normalized spacial score (nSPS) is 19.3. The average Bonchev–Trinajstić information content (AvgIpc) is 2.76. The predicted octanol–water partition coefficient (Wildman–Crippen LogP) is 1.48. The van der Waals surface area contributed by atoms with E-state index in [1.165, 1.54) is 12.8 Å². The van der Waals surface area contributed by atoms with Gasteiger partial charge >= 0.3 is 0 Å². The molecule has 1 aliphatic rings. The maximum atomic E-state index is 9.89. The molecule has 1 rings (SSSR count). The highest BCUT2D eigenvalue weighted by Gasteiger charge is 2.20. The van der Waals surface area contributed by atoms with Gasteiger partial charge in [0, 0.05) is 19.6 Å². The molecular formula is C15H32N2O2. The lowest BCUT2D eigenvalue weighted by atomic mass is 9.93. The summed E-state index contributed by atoms with van der Waals surface area (Å²) in [6.45, 7) is 7.50. The summed E-state index contributed by atoms with van der Waals surface area (Å²) in [6, 6.07) is 0. The van der Waals surface area contributed by atoms with Gasteiger partial charge in [-0.2, -0.15) is 0 Å². The molecule has 1 atom stereocenters. The number of ether oxygens (including phenoxy) is 1. The van der Waals surface area contributed by atoms with Gasteiger partial charge in [-0.15, -0.1) is 0 Å². The van der Waals surface area contributed by atoms with E-state index in [9.17, 15) is 5.11 Å². The van der Waals surface area contributed by atoms with Crippen molar-refractivity contribution in [3.05, 3.63) is 0 Å². The summed E-state index contributed by atoms with van der Waals surface area (Å²) >= 11 is 0. The van der Waals surface area contributed by atoms with Crippen LogP contribution in [0.4, 0.5) is 0 Å². The smallest absolute Gasteiger partial charge is 0.0897 e. The summed E-state index contributed by atoms with van der Waals surface area (Å²) in [5.74, 6) is 0. The Morgan fingerprint density at radius 2 is 1.95 bits per heavy atom. The molecule has 1 aliphatic carbocycles. The maximum absolute atomic E-state index is 9.89. The number of aliphatic hydroxyl groups excluding tert-OH is 1. The molecule has 19 heavy (non-hydrogen) atoms. The summed E-state index contributed by atoms with van der Waals surface area (Å²) in [7, 11) is 4.18. The van der Waals surface area contributed by atoms with E-state index in [0.29, 0.717) is 19.3 Å². The van der Waals surface area contributed by atoms with Gasteiger partial charge in [-0.1, -0.05) is 26.7 Å². The van der Waals surface area contributed by atoms with Crippen molar-refractivity contribution in [1.82, 2.24) is 10.2 Å². The van der Waals surface area contributed by atoms with E-state index >= 15 is 0 Å². The van der Waals surface area contributed by atoms with Gasteiger partial charge in [-0.3, -0.25) is 0 Å². The molecular weight excluding hydrogens is 240 g/mol. The van der Waals surface area contributed by atoms with Crippen molar-refractivity contribution in [3.8, 4) is 0 Å². The minimum atomic E-state index is -0.393. The first-order valence-electron chi connectivity index (χ1n) is 7.54. The zero-order chi connectivity index (χ0) is 14.3. The second-order valence-electron chi connectivity index (χ2n) is 6.93. The maximum Gasteiger partial charge on any atom is 0.0897 e. The van der Waals surface area contributed by atoms with Gasteiger partial charge in [0.25, 0.3) is 0 Å². The first kappa shape index (κ1) is 16.9. The summed E-state index contributed by atoms with van der Waals surface area (Å²) in [5.41, 5.74) is 0.218. The quantitative estimate of drug-likeness (QED) is 0.667. The first-order chi connectivity index (χ1) is 8.89. The van der Waals surface area contributed by atoms with Crippen molar-refractivity contribution in [3.63, 3.8) is 0 Å². The summed E-state index contributed by atoms with van der Waals surface area (Å²) < 4.78 is 5.71.